The number of aromatic nitrogens is 3. The van der Waals surface area contributed by atoms with Crippen molar-refractivity contribution in [1.82, 2.24) is 19.3 Å². The highest BCUT2D eigenvalue weighted by Gasteiger charge is 2.25. The van der Waals surface area contributed by atoms with Crippen molar-refractivity contribution >= 4 is 11.7 Å². The maximum absolute atomic E-state index is 12.4. The van der Waals surface area contributed by atoms with Gasteiger partial charge in [-0.2, -0.15) is 0 Å². The number of rotatable bonds is 2. The van der Waals surface area contributed by atoms with E-state index in [9.17, 15) is 9.90 Å². The molecule has 3 rings (SSSR count). The number of hydrogen-bond donors (Lipinski definition) is 1. The third kappa shape index (κ3) is 2.31. The summed E-state index contributed by atoms with van der Waals surface area (Å²) < 4.78 is 1.74. The molecule has 0 aliphatic carbocycles. The Hall–Kier alpha value is -1.95. The summed E-state index contributed by atoms with van der Waals surface area (Å²) in [7, 11) is 0. The van der Waals surface area contributed by atoms with Gasteiger partial charge in [-0.05, 0) is 24.8 Å². The van der Waals surface area contributed by atoms with Crippen molar-refractivity contribution in [2.24, 2.45) is 5.92 Å². The lowest BCUT2D eigenvalue weighted by Crippen LogP contribution is -2.41. The summed E-state index contributed by atoms with van der Waals surface area (Å²) in [5.74, 6) is 0.637. The first-order chi connectivity index (χ1) is 9.28. The number of nitrogens with zero attached hydrogens (tertiary/aromatic N) is 4. The molecule has 0 saturated carbocycles. The molecule has 6 heteroatoms. The Morgan fingerprint density at radius 2 is 2.42 bits per heavy atom. The molecule has 6 nitrogen and oxygen atoms in total. The van der Waals surface area contributed by atoms with Gasteiger partial charge >= 0.3 is 0 Å². The molecule has 1 aliphatic heterocycles. The Kier molecular flexibility index (Phi) is 3.16. The van der Waals surface area contributed by atoms with Gasteiger partial charge in [0.25, 0.3) is 5.91 Å². The van der Waals surface area contributed by atoms with E-state index in [-0.39, 0.29) is 18.4 Å². The molecule has 2 aromatic heterocycles. The van der Waals surface area contributed by atoms with Crippen LogP contribution in [0, 0.1) is 5.92 Å². The minimum absolute atomic E-state index is 0.0800. The van der Waals surface area contributed by atoms with Crippen LogP contribution in [0.1, 0.15) is 23.3 Å². The number of amides is 1. The summed E-state index contributed by atoms with van der Waals surface area (Å²) in [4.78, 5) is 22.5. The molecule has 0 bridgehead atoms. The Labute approximate surface area is 110 Å². The summed E-state index contributed by atoms with van der Waals surface area (Å²) in [6.07, 6.45) is 7.08. The molecule has 100 valence electrons. The van der Waals surface area contributed by atoms with E-state index in [0.29, 0.717) is 18.0 Å². The molecular weight excluding hydrogens is 244 g/mol. The lowest BCUT2D eigenvalue weighted by molar-refractivity contribution is 0.0615. The number of piperidine rings is 1. The first-order valence-corrected chi connectivity index (χ1v) is 6.48. The van der Waals surface area contributed by atoms with Gasteiger partial charge in [0.2, 0.25) is 5.78 Å². The van der Waals surface area contributed by atoms with Crippen LogP contribution < -0.4 is 0 Å². The van der Waals surface area contributed by atoms with Gasteiger partial charge < -0.3 is 10.0 Å². The second-order valence-corrected chi connectivity index (χ2v) is 4.90. The summed E-state index contributed by atoms with van der Waals surface area (Å²) in [5.41, 5.74) is 0.414. The molecule has 1 saturated heterocycles. The third-order valence-electron chi connectivity index (χ3n) is 3.52. The number of hydrogen-bond acceptors (Lipinski definition) is 4. The summed E-state index contributed by atoms with van der Waals surface area (Å²) >= 11 is 0. The molecule has 0 aromatic carbocycles. The predicted octanol–water partition coefficient (Wildman–Crippen LogP) is 0.574. The van der Waals surface area contributed by atoms with Gasteiger partial charge in [0.15, 0.2) is 0 Å². The van der Waals surface area contributed by atoms with Gasteiger partial charge in [0, 0.05) is 38.3 Å². The molecule has 1 atom stereocenters. The second kappa shape index (κ2) is 4.97. The lowest BCUT2D eigenvalue weighted by Gasteiger charge is -2.31. The molecule has 0 radical (unpaired) electrons. The number of aliphatic hydroxyl groups excluding tert-OH is 1. The fourth-order valence-electron chi connectivity index (χ4n) is 2.49. The molecule has 1 N–H and O–H groups in total. The number of imidazole rings is 1. The van der Waals surface area contributed by atoms with E-state index in [0.717, 1.165) is 19.4 Å². The molecular formula is C13H16N4O2. The van der Waals surface area contributed by atoms with E-state index in [1.54, 1.807) is 27.8 Å². The molecule has 1 fully saturated rings. The average molecular weight is 260 g/mol. The van der Waals surface area contributed by atoms with E-state index < -0.39 is 0 Å². The van der Waals surface area contributed by atoms with E-state index in [4.69, 9.17) is 0 Å². The molecule has 3 heterocycles. The number of aliphatic hydroxyl groups is 1. The zero-order chi connectivity index (χ0) is 13.2. The summed E-state index contributed by atoms with van der Waals surface area (Å²) in [5, 5.41) is 9.21. The second-order valence-electron chi connectivity index (χ2n) is 4.90. The lowest BCUT2D eigenvalue weighted by atomic mass is 9.99. The van der Waals surface area contributed by atoms with Crippen LogP contribution in [0.25, 0.3) is 5.78 Å². The Morgan fingerprint density at radius 3 is 3.21 bits per heavy atom. The maximum Gasteiger partial charge on any atom is 0.274 e. The van der Waals surface area contributed by atoms with Crippen LogP contribution in [0.15, 0.2) is 24.7 Å². The highest BCUT2D eigenvalue weighted by Crippen LogP contribution is 2.17. The SMILES string of the molecule is O=C(c1cn2cccnc2n1)N1CCCC(CO)C1. The highest BCUT2D eigenvalue weighted by molar-refractivity contribution is 5.92. The minimum atomic E-state index is -0.0800. The van der Waals surface area contributed by atoms with Crippen molar-refractivity contribution < 1.29 is 9.90 Å². The van der Waals surface area contributed by atoms with Gasteiger partial charge in [0.1, 0.15) is 5.69 Å². The van der Waals surface area contributed by atoms with Crippen LogP contribution >= 0.6 is 0 Å². The average Bonchev–Trinajstić information content (AvgIpc) is 2.90. The van der Waals surface area contributed by atoms with Crippen molar-refractivity contribution in [3.05, 3.63) is 30.4 Å². The first-order valence-electron chi connectivity index (χ1n) is 6.48. The van der Waals surface area contributed by atoms with Crippen molar-refractivity contribution in [2.75, 3.05) is 19.7 Å². The summed E-state index contributed by atoms with van der Waals surface area (Å²) in [6, 6.07) is 1.80. The van der Waals surface area contributed by atoms with Crippen molar-refractivity contribution in [1.29, 1.82) is 0 Å². The number of carbonyl (C=O) groups excluding carboxylic acids is 1. The highest BCUT2D eigenvalue weighted by atomic mass is 16.3. The normalized spacial score (nSPS) is 19.8. The van der Waals surface area contributed by atoms with Crippen molar-refractivity contribution in [2.45, 2.75) is 12.8 Å². The molecule has 1 aliphatic rings. The quantitative estimate of drug-likeness (QED) is 0.857. The smallest absolute Gasteiger partial charge is 0.274 e. The van der Waals surface area contributed by atoms with Gasteiger partial charge in [-0.15, -0.1) is 0 Å². The van der Waals surface area contributed by atoms with Gasteiger partial charge in [-0.3, -0.25) is 9.20 Å². The molecule has 2 aromatic rings. The number of carbonyl (C=O) groups is 1. The Balaban J connectivity index is 1.82. The fourth-order valence-corrected chi connectivity index (χ4v) is 2.49. The minimum Gasteiger partial charge on any atom is -0.396 e. The molecule has 1 unspecified atom stereocenters. The van der Waals surface area contributed by atoms with Gasteiger partial charge in [0.05, 0.1) is 0 Å². The molecule has 0 spiro atoms. The van der Waals surface area contributed by atoms with E-state index in [2.05, 4.69) is 9.97 Å². The zero-order valence-electron chi connectivity index (χ0n) is 10.6. The van der Waals surface area contributed by atoms with Crippen LogP contribution in [-0.2, 0) is 0 Å². The van der Waals surface area contributed by atoms with Gasteiger partial charge in [-0.1, -0.05) is 0 Å². The van der Waals surface area contributed by atoms with Crippen molar-refractivity contribution in [3.8, 4) is 0 Å². The van der Waals surface area contributed by atoms with Crippen LogP contribution in [0.2, 0.25) is 0 Å². The molecule has 19 heavy (non-hydrogen) atoms. The topological polar surface area (TPSA) is 70.7 Å². The standard InChI is InChI=1S/C13H16N4O2/c18-9-10-3-1-5-16(7-10)12(19)11-8-17-6-2-4-14-13(17)15-11/h2,4,6,8,10,18H,1,3,5,7,9H2. The third-order valence-corrected chi connectivity index (χ3v) is 3.52. The summed E-state index contributed by atoms with van der Waals surface area (Å²) in [6.45, 7) is 1.48. The maximum atomic E-state index is 12.4. The van der Waals surface area contributed by atoms with E-state index >= 15 is 0 Å². The van der Waals surface area contributed by atoms with E-state index in [1.807, 2.05) is 6.20 Å². The fraction of sp³-hybridized carbons (Fsp3) is 0.462. The van der Waals surface area contributed by atoms with Crippen LogP contribution in [0.5, 0.6) is 0 Å². The van der Waals surface area contributed by atoms with Gasteiger partial charge in [-0.25, -0.2) is 9.97 Å². The van der Waals surface area contributed by atoms with Crippen LogP contribution in [0.3, 0.4) is 0 Å². The van der Waals surface area contributed by atoms with Crippen LogP contribution in [0.4, 0.5) is 0 Å². The number of likely N-dealkylation sites (tertiary alicyclic amines) is 1. The first kappa shape index (κ1) is 12.1. The predicted molar refractivity (Wildman–Crippen MR) is 68.7 cm³/mol. The van der Waals surface area contributed by atoms with Crippen molar-refractivity contribution in [3.63, 3.8) is 0 Å². The Morgan fingerprint density at radius 1 is 1.53 bits per heavy atom. The molecule has 1 amide bonds. The number of fused-ring (bicyclic) bond motifs is 1. The monoisotopic (exact) mass is 260 g/mol. The Bertz CT molecular complexity index is 562. The largest absolute Gasteiger partial charge is 0.396 e. The zero-order valence-corrected chi connectivity index (χ0v) is 10.6. The van der Waals surface area contributed by atoms with E-state index in [1.165, 1.54) is 0 Å². The van der Waals surface area contributed by atoms with Crippen LogP contribution in [-0.4, -0.2) is 50.0 Å².